The molecule has 3 radical (unpaired) electrons. The van der Waals surface area contributed by atoms with Gasteiger partial charge in [-0.15, -0.1) is 0 Å². The number of hydrogen-bond acceptors (Lipinski definition) is 0. The lowest BCUT2D eigenvalue weighted by Gasteiger charge is -2.38. The van der Waals surface area contributed by atoms with Gasteiger partial charge in [0.1, 0.15) is 0 Å². The molecule has 0 aromatic heterocycles. The predicted octanol–water partition coefficient (Wildman–Crippen LogP) is 8.57. The van der Waals surface area contributed by atoms with E-state index in [0.29, 0.717) is 0 Å². The Hall–Kier alpha value is -1.56. The van der Waals surface area contributed by atoms with Crippen molar-refractivity contribution in [2.24, 2.45) is 11.8 Å². The molecule has 2 unspecified atom stereocenters. The number of unbranched alkanes of at least 4 members (excludes halogenated alkanes) is 2. The maximum Gasteiger partial charge on any atom is 0.0227 e. The van der Waals surface area contributed by atoms with Crippen LogP contribution in [-0.4, -0.2) is 0 Å². The van der Waals surface area contributed by atoms with Gasteiger partial charge in [0.2, 0.25) is 0 Å². The molecule has 0 heterocycles. The van der Waals surface area contributed by atoms with Crippen LogP contribution in [0.25, 0.3) is 11.1 Å². The summed E-state index contributed by atoms with van der Waals surface area (Å²) in [4.78, 5) is 0. The van der Waals surface area contributed by atoms with Crippen LogP contribution in [0.4, 0.5) is 0 Å². The van der Waals surface area contributed by atoms with Crippen molar-refractivity contribution in [1.29, 1.82) is 0 Å². The summed E-state index contributed by atoms with van der Waals surface area (Å²) in [5, 5.41) is 0. The molecule has 1 aliphatic rings. The fourth-order valence-corrected chi connectivity index (χ4v) is 5.57. The molecule has 0 aliphatic heterocycles. The Bertz CT molecular complexity index is 691. The standard InChI is InChI=1S/C29H39/c1-5-9-15-23(7-3)21-29(22-24(8-4)16-10-6-2)27-19-13-11-17-25(27)26-18-12-14-20-28(26)29/h11-12,17-19,23-24H,5-10,15-16,21-22H2,1-4H3. The van der Waals surface area contributed by atoms with Crippen molar-refractivity contribution in [1.82, 2.24) is 0 Å². The van der Waals surface area contributed by atoms with Crippen LogP contribution < -0.4 is 0 Å². The van der Waals surface area contributed by atoms with Gasteiger partial charge in [0.25, 0.3) is 0 Å². The molecule has 0 N–H and O–H groups in total. The summed E-state index contributed by atoms with van der Waals surface area (Å²) in [7, 11) is 0. The molecular weight excluding hydrogens is 348 g/mol. The van der Waals surface area contributed by atoms with Gasteiger partial charge in [-0.1, -0.05) is 103 Å². The average Bonchev–Trinajstić information content (AvgIpc) is 3.04. The van der Waals surface area contributed by atoms with Crippen molar-refractivity contribution in [3.63, 3.8) is 0 Å². The van der Waals surface area contributed by atoms with Gasteiger partial charge < -0.3 is 0 Å². The van der Waals surface area contributed by atoms with Crippen LogP contribution in [0.5, 0.6) is 0 Å². The third-order valence-corrected chi connectivity index (χ3v) is 7.31. The first-order valence-electron chi connectivity index (χ1n) is 12.1. The minimum absolute atomic E-state index is 0.0863. The summed E-state index contributed by atoms with van der Waals surface area (Å²) in [6.07, 6.45) is 13.0. The Kier molecular flexibility index (Phi) is 7.99. The molecule has 0 amide bonds. The maximum atomic E-state index is 3.62. The zero-order valence-corrected chi connectivity index (χ0v) is 19.1. The summed E-state index contributed by atoms with van der Waals surface area (Å²) in [5.74, 6) is 1.54. The first-order chi connectivity index (χ1) is 14.2. The van der Waals surface area contributed by atoms with Gasteiger partial charge in [0.05, 0.1) is 0 Å². The summed E-state index contributed by atoms with van der Waals surface area (Å²) in [6.45, 7) is 9.41. The second-order valence-electron chi connectivity index (χ2n) is 9.19. The SMILES string of the molecule is CCCCC(CC)CC1(CC(CC)CCCC)c2[c][c]ccc2-c2cc[c]cc21. The first kappa shape index (κ1) is 22.1. The normalized spacial score (nSPS) is 16.3. The zero-order valence-electron chi connectivity index (χ0n) is 19.1. The molecule has 3 rings (SSSR count). The zero-order chi connectivity index (χ0) is 20.7. The van der Waals surface area contributed by atoms with Gasteiger partial charge >= 0.3 is 0 Å². The largest absolute Gasteiger partial charge is 0.0654 e. The van der Waals surface area contributed by atoms with Gasteiger partial charge in [-0.3, -0.25) is 0 Å². The van der Waals surface area contributed by atoms with Crippen molar-refractivity contribution in [2.45, 2.75) is 97.3 Å². The Morgan fingerprint density at radius 1 is 0.828 bits per heavy atom. The smallest absolute Gasteiger partial charge is 0.0227 e. The third-order valence-electron chi connectivity index (χ3n) is 7.31. The minimum atomic E-state index is 0.0863. The summed E-state index contributed by atoms with van der Waals surface area (Å²) in [6, 6.07) is 21.3. The molecule has 0 heteroatoms. The lowest BCUT2D eigenvalue weighted by molar-refractivity contribution is 0.265. The second-order valence-corrected chi connectivity index (χ2v) is 9.19. The fourth-order valence-electron chi connectivity index (χ4n) is 5.57. The van der Waals surface area contributed by atoms with E-state index in [0.717, 1.165) is 11.8 Å². The van der Waals surface area contributed by atoms with Crippen LogP contribution in [0, 0.1) is 30.0 Å². The van der Waals surface area contributed by atoms with E-state index in [-0.39, 0.29) is 5.41 Å². The molecule has 1 aliphatic carbocycles. The van der Waals surface area contributed by atoms with E-state index in [1.165, 1.54) is 86.5 Å². The fraction of sp³-hybridized carbons (Fsp3) is 0.586. The van der Waals surface area contributed by atoms with Crippen molar-refractivity contribution in [3.05, 3.63) is 59.7 Å². The van der Waals surface area contributed by atoms with Crippen LogP contribution in [0.2, 0.25) is 0 Å². The van der Waals surface area contributed by atoms with Gasteiger partial charge in [-0.2, -0.15) is 0 Å². The van der Waals surface area contributed by atoms with Gasteiger partial charge in [0.15, 0.2) is 0 Å². The predicted molar refractivity (Wildman–Crippen MR) is 125 cm³/mol. The molecule has 0 saturated carbocycles. The summed E-state index contributed by atoms with van der Waals surface area (Å²) >= 11 is 0. The van der Waals surface area contributed by atoms with E-state index >= 15 is 0 Å². The molecule has 2 aromatic carbocycles. The topological polar surface area (TPSA) is 0 Å². The summed E-state index contributed by atoms with van der Waals surface area (Å²) < 4.78 is 0. The second kappa shape index (κ2) is 10.5. The lowest BCUT2D eigenvalue weighted by Crippen LogP contribution is -2.31. The van der Waals surface area contributed by atoms with E-state index in [1.807, 2.05) is 6.07 Å². The van der Waals surface area contributed by atoms with Crippen LogP contribution in [0.15, 0.2) is 30.3 Å². The molecule has 2 aromatic rings. The quantitative estimate of drug-likeness (QED) is 0.342. The molecule has 0 saturated heterocycles. The van der Waals surface area contributed by atoms with Crippen LogP contribution in [-0.2, 0) is 5.41 Å². The number of fused-ring (bicyclic) bond motifs is 3. The highest BCUT2D eigenvalue weighted by atomic mass is 14.5. The van der Waals surface area contributed by atoms with Crippen LogP contribution in [0.1, 0.15) is 103 Å². The van der Waals surface area contributed by atoms with Gasteiger partial charge in [0, 0.05) is 5.41 Å². The monoisotopic (exact) mass is 387 g/mol. The van der Waals surface area contributed by atoms with Crippen molar-refractivity contribution < 1.29 is 0 Å². The van der Waals surface area contributed by atoms with E-state index in [9.17, 15) is 0 Å². The maximum absolute atomic E-state index is 3.62. The van der Waals surface area contributed by atoms with Crippen LogP contribution in [0.3, 0.4) is 0 Å². The highest BCUT2D eigenvalue weighted by Crippen LogP contribution is 2.55. The van der Waals surface area contributed by atoms with Gasteiger partial charge in [-0.05, 0) is 71.2 Å². The van der Waals surface area contributed by atoms with Crippen molar-refractivity contribution in [2.75, 3.05) is 0 Å². The molecule has 0 spiro atoms. The molecule has 155 valence electrons. The van der Waals surface area contributed by atoms with E-state index in [1.54, 1.807) is 0 Å². The lowest BCUT2D eigenvalue weighted by atomic mass is 9.65. The highest BCUT2D eigenvalue weighted by molar-refractivity contribution is 5.80. The number of benzene rings is 2. The molecule has 0 fully saturated rings. The van der Waals surface area contributed by atoms with Gasteiger partial charge in [-0.25, -0.2) is 0 Å². The Balaban J connectivity index is 2.07. The first-order valence-corrected chi connectivity index (χ1v) is 12.1. The van der Waals surface area contributed by atoms with Crippen LogP contribution >= 0.6 is 0 Å². The van der Waals surface area contributed by atoms with Crippen molar-refractivity contribution in [3.8, 4) is 11.1 Å². The van der Waals surface area contributed by atoms with E-state index < -0.39 is 0 Å². The molecule has 0 bridgehead atoms. The molecular formula is C29H39. The Morgan fingerprint density at radius 2 is 1.45 bits per heavy atom. The Morgan fingerprint density at radius 3 is 2.03 bits per heavy atom. The van der Waals surface area contributed by atoms with Crippen molar-refractivity contribution >= 4 is 0 Å². The third kappa shape index (κ3) is 4.62. The van der Waals surface area contributed by atoms with E-state index in [4.69, 9.17) is 0 Å². The minimum Gasteiger partial charge on any atom is -0.0654 e. The molecule has 2 atom stereocenters. The number of hydrogen-bond donors (Lipinski definition) is 0. The highest BCUT2D eigenvalue weighted by Gasteiger charge is 2.45. The van der Waals surface area contributed by atoms with E-state index in [2.05, 4.69) is 70.2 Å². The summed E-state index contributed by atoms with van der Waals surface area (Å²) in [5.41, 5.74) is 5.82. The number of rotatable bonds is 12. The molecule has 0 nitrogen and oxygen atoms in total. The Labute approximate surface area is 180 Å². The average molecular weight is 388 g/mol. The molecule has 29 heavy (non-hydrogen) atoms.